The standard InChI is InChI=1S/C25H17Cl2N3O3/c26-18-8-7-15(10-19(18)27)22-21(23(31)17-12-29-20-6-2-1-5-16(17)20)24(32)25(33)30(22)13-14-4-3-9-28-11-14/h1-12,22,29,31H,13H2/b23-21-. The van der Waals surface area contributed by atoms with E-state index in [9.17, 15) is 14.7 Å². The first-order valence-electron chi connectivity index (χ1n) is 10.1. The van der Waals surface area contributed by atoms with Gasteiger partial charge in [-0.05, 0) is 35.4 Å². The van der Waals surface area contributed by atoms with Crippen molar-refractivity contribution in [3.63, 3.8) is 0 Å². The van der Waals surface area contributed by atoms with Crippen LogP contribution in [-0.4, -0.2) is 31.7 Å². The number of aromatic amines is 1. The van der Waals surface area contributed by atoms with Gasteiger partial charge in [-0.2, -0.15) is 0 Å². The number of H-pyrrole nitrogens is 1. The number of benzene rings is 2. The van der Waals surface area contributed by atoms with Gasteiger partial charge in [0.15, 0.2) is 0 Å². The highest BCUT2D eigenvalue weighted by Gasteiger charge is 2.46. The van der Waals surface area contributed by atoms with Gasteiger partial charge in [0, 0.05) is 41.6 Å². The van der Waals surface area contributed by atoms with Crippen molar-refractivity contribution in [3.8, 4) is 0 Å². The molecule has 1 aliphatic rings. The molecule has 1 unspecified atom stereocenters. The van der Waals surface area contributed by atoms with Crippen molar-refractivity contribution < 1.29 is 14.7 Å². The first-order valence-corrected chi connectivity index (χ1v) is 10.9. The zero-order valence-corrected chi connectivity index (χ0v) is 18.6. The summed E-state index contributed by atoms with van der Waals surface area (Å²) in [6, 6.07) is 15.0. The van der Waals surface area contributed by atoms with Gasteiger partial charge in [0.2, 0.25) is 0 Å². The highest BCUT2D eigenvalue weighted by atomic mass is 35.5. The number of carbonyl (C=O) groups excluding carboxylic acids is 2. The molecule has 33 heavy (non-hydrogen) atoms. The summed E-state index contributed by atoms with van der Waals surface area (Å²) in [7, 11) is 0. The Morgan fingerprint density at radius 1 is 1.06 bits per heavy atom. The molecule has 1 fully saturated rings. The van der Waals surface area contributed by atoms with Crippen LogP contribution in [0.4, 0.5) is 0 Å². The molecule has 6 nitrogen and oxygen atoms in total. The van der Waals surface area contributed by atoms with Crippen LogP contribution in [0.25, 0.3) is 16.7 Å². The second-order valence-corrected chi connectivity index (χ2v) is 8.52. The molecule has 1 aliphatic heterocycles. The average Bonchev–Trinajstić information content (AvgIpc) is 3.36. The molecule has 164 valence electrons. The Labute approximate surface area is 199 Å². The highest BCUT2D eigenvalue weighted by molar-refractivity contribution is 6.47. The second kappa shape index (κ2) is 8.39. The molecule has 2 N–H and O–H groups in total. The quantitative estimate of drug-likeness (QED) is 0.231. The number of aliphatic hydroxyl groups excluding tert-OH is 1. The Morgan fingerprint density at radius 2 is 1.88 bits per heavy atom. The number of hydrogen-bond acceptors (Lipinski definition) is 4. The van der Waals surface area contributed by atoms with Crippen LogP contribution in [-0.2, 0) is 16.1 Å². The number of fused-ring (bicyclic) bond motifs is 1. The second-order valence-electron chi connectivity index (χ2n) is 7.71. The van der Waals surface area contributed by atoms with E-state index in [2.05, 4.69) is 9.97 Å². The van der Waals surface area contributed by atoms with Crippen molar-refractivity contribution >= 4 is 51.6 Å². The summed E-state index contributed by atoms with van der Waals surface area (Å²) in [5.74, 6) is -1.73. The number of pyridine rings is 1. The molecular weight excluding hydrogens is 461 g/mol. The fourth-order valence-corrected chi connectivity index (χ4v) is 4.48. The maximum Gasteiger partial charge on any atom is 0.295 e. The Morgan fingerprint density at radius 3 is 2.64 bits per heavy atom. The molecule has 3 heterocycles. The third kappa shape index (κ3) is 3.67. The first kappa shape index (κ1) is 21.2. The number of likely N-dealkylation sites (tertiary alicyclic amines) is 1. The Kier molecular flexibility index (Phi) is 5.40. The summed E-state index contributed by atoms with van der Waals surface area (Å²) in [4.78, 5) is 35.0. The molecule has 0 bridgehead atoms. The van der Waals surface area contributed by atoms with Crippen LogP contribution < -0.4 is 0 Å². The van der Waals surface area contributed by atoms with Gasteiger partial charge in [0.25, 0.3) is 11.7 Å². The molecule has 1 atom stereocenters. The maximum atomic E-state index is 13.2. The van der Waals surface area contributed by atoms with Crippen molar-refractivity contribution in [3.05, 3.63) is 105 Å². The fraction of sp³-hybridized carbons (Fsp3) is 0.0800. The lowest BCUT2D eigenvalue weighted by molar-refractivity contribution is -0.140. The molecule has 1 saturated heterocycles. The molecular formula is C25H17Cl2N3O3. The Hall–Kier alpha value is -3.61. The summed E-state index contributed by atoms with van der Waals surface area (Å²) in [6.45, 7) is 0.133. The van der Waals surface area contributed by atoms with Crippen LogP contribution in [0.1, 0.15) is 22.7 Å². The van der Waals surface area contributed by atoms with Crippen LogP contribution in [0, 0.1) is 0 Å². The van der Waals surface area contributed by atoms with Crippen LogP contribution in [0.3, 0.4) is 0 Å². The normalized spacial score (nSPS) is 17.8. The minimum atomic E-state index is -0.853. The van der Waals surface area contributed by atoms with E-state index in [0.29, 0.717) is 16.1 Å². The number of halogens is 2. The van der Waals surface area contributed by atoms with Gasteiger partial charge in [-0.3, -0.25) is 14.6 Å². The van der Waals surface area contributed by atoms with Gasteiger partial charge in [0.05, 0.1) is 21.7 Å². The lowest BCUT2D eigenvalue weighted by Gasteiger charge is -2.25. The summed E-state index contributed by atoms with van der Waals surface area (Å²) >= 11 is 12.4. The van der Waals surface area contributed by atoms with Crippen molar-refractivity contribution in [2.75, 3.05) is 0 Å². The number of carbonyl (C=O) groups is 2. The molecule has 1 amide bonds. The molecule has 0 aliphatic carbocycles. The molecule has 0 spiro atoms. The summed E-state index contributed by atoms with van der Waals surface area (Å²) in [5.41, 5.74) is 2.54. The number of nitrogens with zero attached hydrogens (tertiary/aromatic N) is 2. The number of ketones is 1. The minimum absolute atomic E-state index is 0.00738. The third-order valence-corrected chi connectivity index (χ3v) is 6.46. The van der Waals surface area contributed by atoms with Gasteiger partial charge in [-0.15, -0.1) is 0 Å². The van der Waals surface area contributed by atoms with E-state index in [4.69, 9.17) is 23.2 Å². The van der Waals surface area contributed by atoms with Crippen molar-refractivity contribution in [2.24, 2.45) is 0 Å². The first-order chi connectivity index (χ1) is 16.0. The molecule has 0 saturated carbocycles. The monoisotopic (exact) mass is 477 g/mol. The summed E-state index contributed by atoms with van der Waals surface area (Å²) in [6.07, 6.45) is 4.89. The summed E-state index contributed by atoms with van der Waals surface area (Å²) < 4.78 is 0. The number of amides is 1. The molecule has 0 radical (unpaired) electrons. The Bertz CT molecular complexity index is 1430. The number of para-hydroxylation sites is 1. The van der Waals surface area contributed by atoms with Gasteiger partial charge in [-0.25, -0.2) is 0 Å². The smallest absolute Gasteiger partial charge is 0.295 e. The lowest BCUT2D eigenvalue weighted by Crippen LogP contribution is -2.29. The highest BCUT2D eigenvalue weighted by Crippen LogP contribution is 2.42. The van der Waals surface area contributed by atoms with Crippen LogP contribution in [0.5, 0.6) is 0 Å². The fourth-order valence-electron chi connectivity index (χ4n) is 4.17. The van der Waals surface area contributed by atoms with E-state index in [-0.39, 0.29) is 22.9 Å². The van der Waals surface area contributed by atoms with E-state index in [0.717, 1.165) is 16.5 Å². The van der Waals surface area contributed by atoms with Crippen LogP contribution in [0.15, 0.2) is 78.8 Å². The zero-order chi connectivity index (χ0) is 23.1. The average molecular weight is 478 g/mol. The number of nitrogens with one attached hydrogen (secondary N) is 1. The summed E-state index contributed by atoms with van der Waals surface area (Å²) in [5, 5.41) is 12.7. The van der Waals surface area contributed by atoms with E-state index in [1.165, 1.54) is 4.90 Å². The molecule has 4 aromatic rings. The van der Waals surface area contributed by atoms with Crippen LogP contribution in [0.2, 0.25) is 10.0 Å². The predicted octanol–water partition coefficient (Wildman–Crippen LogP) is 5.49. The lowest BCUT2D eigenvalue weighted by atomic mass is 9.95. The largest absolute Gasteiger partial charge is 0.507 e. The topological polar surface area (TPSA) is 86.3 Å². The van der Waals surface area contributed by atoms with Crippen molar-refractivity contribution in [2.45, 2.75) is 12.6 Å². The van der Waals surface area contributed by atoms with E-state index in [1.54, 1.807) is 42.9 Å². The predicted molar refractivity (Wildman–Crippen MR) is 127 cm³/mol. The van der Waals surface area contributed by atoms with Gasteiger partial charge in [0.1, 0.15) is 5.76 Å². The minimum Gasteiger partial charge on any atom is -0.507 e. The number of Topliss-reactive ketones (excluding diaryl/α,β-unsaturated/α-hetero) is 1. The number of aliphatic hydroxyl groups is 1. The molecule has 2 aromatic carbocycles. The van der Waals surface area contributed by atoms with Crippen LogP contribution >= 0.6 is 23.2 Å². The van der Waals surface area contributed by atoms with Gasteiger partial charge >= 0.3 is 0 Å². The SMILES string of the molecule is O=C1C(=O)N(Cc2cccnc2)C(c2ccc(Cl)c(Cl)c2)/C1=C(/O)c1c[nH]c2ccccc12. The molecule has 5 rings (SSSR count). The van der Waals surface area contributed by atoms with E-state index >= 15 is 0 Å². The van der Waals surface area contributed by atoms with E-state index < -0.39 is 17.7 Å². The zero-order valence-electron chi connectivity index (χ0n) is 17.1. The maximum absolute atomic E-state index is 13.2. The third-order valence-electron chi connectivity index (χ3n) is 5.72. The number of hydrogen-bond donors (Lipinski definition) is 2. The molecule has 8 heteroatoms. The molecule has 2 aromatic heterocycles. The van der Waals surface area contributed by atoms with E-state index in [1.807, 2.05) is 30.3 Å². The van der Waals surface area contributed by atoms with Gasteiger partial charge < -0.3 is 15.0 Å². The van der Waals surface area contributed by atoms with Gasteiger partial charge in [-0.1, -0.05) is 53.5 Å². The van der Waals surface area contributed by atoms with Crippen molar-refractivity contribution in [1.29, 1.82) is 0 Å². The Balaban J connectivity index is 1.71. The number of aromatic nitrogens is 2. The van der Waals surface area contributed by atoms with Crippen molar-refractivity contribution in [1.82, 2.24) is 14.9 Å². The number of rotatable bonds is 4.